The van der Waals surface area contributed by atoms with Crippen LogP contribution in [0.25, 0.3) is 0 Å². The lowest BCUT2D eigenvalue weighted by Crippen LogP contribution is -2.56. The summed E-state index contributed by atoms with van der Waals surface area (Å²) in [5, 5.41) is 0. The van der Waals surface area contributed by atoms with Crippen molar-refractivity contribution in [2.45, 2.75) is 32.9 Å². The summed E-state index contributed by atoms with van der Waals surface area (Å²) in [6.07, 6.45) is 7.24. The molecule has 1 saturated heterocycles. The molecular formula is C13H22N2O. The van der Waals surface area contributed by atoms with E-state index in [9.17, 15) is 4.79 Å². The lowest BCUT2D eigenvalue weighted by molar-refractivity contribution is -0.131. The van der Waals surface area contributed by atoms with Crippen molar-refractivity contribution in [1.82, 2.24) is 9.80 Å². The molecule has 0 unspecified atom stereocenters. The van der Waals surface area contributed by atoms with Gasteiger partial charge in [0.05, 0.1) is 0 Å². The van der Waals surface area contributed by atoms with Gasteiger partial charge in [-0.05, 0) is 27.8 Å². The van der Waals surface area contributed by atoms with Crippen LogP contribution in [0.5, 0.6) is 0 Å². The van der Waals surface area contributed by atoms with Gasteiger partial charge in [-0.25, -0.2) is 0 Å². The maximum absolute atomic E-state index is 11.9. The second-order valence-electron chi connectivity index (χ2n) is 4.51. The van der Waals surface area contributed by atoms with Crippen molar-refractivity contribution in [2.24, 2.45) is 0 Å². The van der Waals surface area contributed by atoms with Crippen LogP contribution < -0.4 is 0 Å². The van der Waals surface area contributed by atoms with E-state index in [4.69, 9.17) is 0 Å². The topological polar surface area (TPSA) is 23.6 Å². The van der Waals surface area contributed by atoms with E-state index in [1.54, 1.807) is 12.2 Å². The van der Waals surface area contributed by atoms with Crippen LogP contribution in [0.3, 0.4) is 0 Å². The molecule has 1 aliphatic heterocycles. The number of carbonyl (C=O) groups is 1. The Bertz CT molecular complexity index is 296. The Morgan fingerprint density at radius 2 is 1.88 bits per heavy atom. The van der Waals surface area contributed by atoms with Gasteiger partial charge < -0.3 is 4.90 Å². The second-order valence-corrected chi connectivity index (χ2v) is 4.51. The second kappa shape index (κ2) is 5.85. The molecule has 0 N–H and O–H groups in total. The van der Waals surface area contributed by atoms with Crippen LogP contribution in [0.15, 0.2) is 24.3 Å². The molecule has 1 rings (SSSR count). The molecule has 90 valence electrons. The van der Waals surface area contributed by atoms with Crippen molar-refractivity contribution in [3.63, 3.8) is 0 Å². The van der Waals surface area contributed by atoms with Crippen molar-refractivity contribution in [2.75, 3.05) is 20.1 Å². The molecule has 0 saturated carbocycles. The summed E-state index contributed by atoms with van der Waals surface area (Å²) in [4.78, 5) is 16.2. The number of carbonyl (C=O) groups excluding carboxylic acids is 1. The maximum atomic E-state index is 11.9. The molecule has 1 amide bonds. The van der Waals surface area contributed by atoms with Crippen LogP contribution in [0.2, 0.25) is 0 Å². The Balaban J connectivity index is 2.62. The van der Waals surface area contributed by atoms with E-state index in [1.165, 1.54) is 0 Å². The zero-order valence-electron chi connectivity index (χ0n) is 10.7. The summed E-state index contributed by atoms with van der Waals surface area (Å²) >= 11 is 0. The lowest BCUT2D eigenvalue weighted by atomic mass is 10.1. The zero-order chi connectivity index (χ0) is 12.1. The molecule has 0 radical (unpaired) electrons. The van der Waals surface area contributed by atoms with Gasteiger partial charge in [-0.2, -0.15) is 0 Å². The first-order valence-corrected chi connectivity index (χ1v) is 5.86. The smallest absolute Gasteiger partial charge is 0.246 e. The fourth-order valence-electron chi connectivity index (χ4n) is 1.95. The first-order chi connectivity index (χ1) is 7.56. The van der Waals surface area contributed by atoms with Gasteiger partial charge in [0, 0.05) is 31.2 Å². The van der Waals surface area contributed by atoms with Crippen molar-refractivity contribution in [3.8, 4) is 0 Å². The highest BCUT2D eigenvalue weighted by Crippen LogP contribution is 2.13. The van der Waals surface area contributed by atoms with Crippen LogP contribution in [0.4, 0.5) is 0 Å². The predicted octanol–water partition coefficient (Wildman–Crippen LogP) is 1.67. The highest BCUT2D eigenvalue weighted by molar-refractivity contribution is 5.88. The van der Waals surface area contributed by atoms with Gasteiger partial charge in [-0.1, -0.05) is 18.2 Å². The standard InChI is InChI=1S/C13H22N2O/c1-5-6-7-8-13(16)15-10-11(2)14(4)9-12(15)3/h5-8,11-12H,9-10H2,1-4H3/t11-,12-/m0/s1. The Kier molecular flexibility index (Phi) is 4.74. The minimum Gasteiger partial charge on any atom is -0.334 e. The normalized spacial score (nSPS) is 28.1. The van der Waals surface area contributed by atoms with Gasteiger partial charge in [0.15, 0.2) is 0 Å². The molecule has 0 aromatic heterocycles. The SMILES string of the molecule is CC=CC=CC(=O)N1C[C@H](C)N(C)C[C@@H]1C. The molecule has 16 heavy (non-hydrogen) atoms. The summed E-state index contributed by atoms with van der Waals surface area (Å²) in [5.74, 6) is 0.116. The molecular weight excluding hydrogens is 200 g/mol. The van der Waals surface area contributed by atoms with Crippen LogP contribution in [-0.2, 0) is 4.79 Å². The number of piperazine rings is 1. The van der Waals surface area contributed by atoms with E-state index < -0.39 is 0 Å². The number of allylic oxidation sites excluding steroid dienone is 3. The molecule has 3 nitrogen and oxygen atoms in total. The van der Waals surface area contributed by atoms with E-state index >= 15 is 0 Å². The Morgan fingerprint density at radius 3 is 2.50 bits per heavy atom. The number of likely N-dealkylation sites (N-methyl/N-ethyl adjacent to an activating group) is 1. The van der Waals surface area contributed by atoms with E-state index in [1.807, 2.05) is 24.0 Å². The van der Waals surface area contributed by atoms with Crippen molar-refractivity contribution in [3.05, 3.63) is 24.3 Å². The molecule has 0 aromatic rings. The van der Waals surface area contributed by atoms with Gasteiger partial charge in [-0.15, -0.1) is 0 Å². The highest BCUT2D eigenvalue weighted by atomic mass is 16.2. The zero-order valence-corrected chi connectivity index (χ0v) is 10.7. The molecule has 0 bridgehead atoms. The predicted molar refractivity (Wildman–Crippen MR) is 67.2 cm³/mol. The van der Waals surface area contributed by atoms with Crippen LogP contribution in [0, 0.1) is 0 Å². The maximum Gasteiger partial charge on any atom is 0.246 e. The summed E-state index contributed by atoms with van der Waals surface area (Å²) in [6, 6.07) is 0.735. The highest BCUT2D eigenvalue weighted by Gasteiger charge is 2.28. The summed E-state index contributed by atoms with van der Waals surface area (Å²) in [7, 11) is 2.11. The number of nitrogens with zero attached hydrogens (tertiary/aromatic N) is 2. The van der Waals surface area contributed by atoms with E-state index in [0.29, 0.717) is 12.1 Å². The Labute approximate surface area is 98.4 Å². The minimum atomic E-state index is 0.116. The van der Waals surface area contributed by atoms with Gasteiger partial charge in [0.1, 0.15) is 0 Å². The van der Waals surface area contributed by atoms with Crippen LogP contribution in [0.1, 0.15) is 20.8 Å². The van der Waals surface area contributed by atoms with E-state index in [-0.39, 0.29) is 5.91 Å². The van der Waals surface area contributed by atoms with E-state index in [0.717, 1.165) is 13.1 Å². The lowest BCUT2D eigenvalue weighted by Gasteiger charge is -2.42. The monoisotopic (exact) mass is 222 g/mol. The molecule has 1 heterocycles. The van der Waals surface area contributed by atoms with Crippen molar-refractivity contribution < 1.29 is 4.79 Å². The Morgan fingerprint density at radius 1 is 1.19 bits per heavy atom. The number of hydrogen-bond donors (Lipinski definition) is 0. The quantitative estimate of drug-likeness (QED) is 0.524. The summed E-state index contributed by atoms with van der Waals surface area (Å²) in [5.41, 5.74) is 0. The van der Waals surface area contributed by atoms with Gasteiger partial charge in [0.25, 0.3) is 0 Å². The molecule has 1 fully saturated rings. The molecule has 0 aromatic carbocycles. The first kappa shape index (κ1) is 13.0. The van der Waals surface area contributed by atoms with E-state index in [2.05, 4.69) is 25.8 Å². The summed E-state index contributed by atoms with van der Waals surface area (Å²) in [6.45, 7) is 7.96. The minimum absolute atomic E-state index is 0.116. The molecule has 3 heteroatoms. The average Bonchev–Trinajstić information content (AvgIpc) is 2.23. The molecule has 0 aliphatic carbocycles. The van der Waals surface area contributed by atoms with Crippen molar-refractivity contribution in [1.29, 1.82) is 0 Å². The van der Waals surface area contributed by atoms with Gasteiger partial charge in [-0.3, -0.25) is 9.69 Å². The first-order valence-electron chi connectivity index (χ1n) is 5.86. The number of hydrogen-bond acceptors (Lipinski definition) is 2. The number of rotatable bonds is 2. The van der Waals surface area contributed by atoms with Gasteiger partial charge >= 0.3 is 0 Å². The molecule has 0 spiro atoms. The molecule has 1 aliphatic rings. The number of amides is 1. The van der Waals surface area contributed by atoms with Crippen LogP contribution >= 0.6 is 0 Å². The van der Waals surface area contributed by atoms with Crippen molar-refractivity contribution >= 4 is 5.91 Å². The summed E-state index contributed by atoms with van der Waals surface area (Å²) < 4.78 is 0. The third-order valence-corrected chi connectivity index (χ3v) is 3.12. The fourth-order valence-corrected chi connectivity index (χ4v) is 1.95. The molecule has 2 atom stereocenters. The van der Waals surface area contributed by atoms with Gasteiger partial charge in [0.2, 0.25) is 5.91 Å². The third-order valence-electron chi connectivity index (χ3n) is 3.12. The fraction of sp³-hybridized carbons (Fsp3) is 0.615. The Hall–Kier alpha value is -1.09. The third kappa shape index (κ3) is 3.20. The van der Waals surface area contributed by atoms with Crippen LogP contribution in [-0.4, -0.2) is 47.9 Å². The average molecular weight is 222 g/mol. The largest absolute Gasteiger partial charge is 0.334 e.